The van der Waals surface area contributed by atoms with E-state index in [1.54, 1.807) is 0 Å². The highest BCUT2D eigenvalue weighted by atomic mass is 15.1. The third-order valence-electron chi connectivity index (χ3n) is 5.37. The Labute approximate surface area is 170 Å². The summed E-state index contributed by atoms with van der Waals surface area (Å²) in [6.45, 7) is 8.57. The highest BCUT2D eigenvalue weighted by Gasteiger charge is 2.09. The van der Waals surface area contributed by atoms with E-state index in [0.29, 0.717) is 0 Å². The highest BCUT2D eigenvalue weighted by molar-refractivity contribution is 5.56. The lowest BCUT2D eigenvalue weighted by atomic mass is 10.1. The highest BCUT2D eigenvalue weighted by Crippen LogP contribution is 2.22. The third-order valence-corrected chi connectivity index (χ3v) is 5.37. The van der Waals surface area contributed by atoms with E-state index in [-0.39, 0.29) is 0 Å². The second-order valence-electron chi connectivity index (χ2n) is 7.15. The number of rotatable bonds is 10. The van der Waals surface area contributed by atoms with Crippen molar-refractivity contribution in [1.82, 2.24) is 0 Å². The molecular formula is C26H32N2. The average Bonchev–Trinajstić information content (AvgIpc) is 2.77. The van der Waals surface area contributed by atoms with Crippen LogP contribution in [-0.4, -0.2) is 26.2 Å². The molecule has 0 saturated carbocycles. The molecule has 0 bridgehead atoms. The van der Waals surface area contributed by atoms with E-state index >= 15 is 0 Å². The normalized spacial score (nSPS) is 10.6. The maximum Gasteiger partial charge on any atom is 0.0367 e. The van der Waals surface area contributed by atoms with Gasteiger partial charge in [0.2, 0.25) is 0 Å². The molecule has 0 aliphatic heterocycles. The average molecular weight is 373 g/mol. The molecule has 0 aliphatic rings. The van der Waals surface area contributed by atoms with Gasteiger partial charge in [-0.1, -0.05) is 60.7 Å². The molecule has 0 aromatic heterocycles. The zero-order valence-electron chi connectivity index (χ0n) is 17.2. The van der Waals surface area contributed by atoms with Gasteiger partial charge in [0.05, 0.1) is 0 Å². The lowest BCUT2D eigenvalue weighted by Gasteiger charge is -2.27. The Hall–Kier alpha value is -2.74. The molecule has 0 heterocycles. The Balaban J connectivity index is 1.72. The molecule has 0 N–H and O–H groups in total. The van der Waals surface area contributed by atoms with Gasteiger partial charge in [0.25, 0.3) is 0 Å². The lowest BCUT2D eigenvalue weighted by Crippen LogP contribution is -2.28. The molecule has 0 fully saturated rings. The summed E-state index contributed by atoms with van der Waals surface area (Å²) in [6, 6.07) is 30.7. The lowest BCUT2D eigenvalue weighted by molar-refractivity contribution is 0.768. The van der Waals surface area contributed by atoms with Crippen LogP contribution in [0.25, 0.3) is 0 Å². The summed E-state index contributed by atoms with van der Waals surface area (Å²) < 4.78 is 0. The van der Waals surface area contributed by atoms with Gasteiger partial charge in [-0.2, -0.15) is 0 Å². The summed E-state index contributed by atoms with van der Waals surface area (Å²) in [5.41, 5.74) is 5.40. The fourth-order valence-electron chi connectivity index (χ4n) is 3.65. The van der Waals surface area contributed by atoms with Gasteiger partial charge in [-0.25, -0.2) is 0 Å². The van der Waals surface area contributed by atoms with E-state index < -0.39 is 0 Å². The van der Waals surface area contributed by atoms with Crippen LogP contribution in [0.15, 0.2) is 84.9 Å². The monoisotopic (exact) mass is 372 g/mol. The van der Waals surface area contributed by atoms with Crippen LogP contribution < -0.4 is 9.80 Å². The van der Waals surface area contributed by atoms with Gasteiger partial charge in [0, 0.05) is 37.6 Å². The quantitative estimate of drug-likeness (QED) is 0.442. The minimum atomic E-state index is 1.03. The number of hydrogen-bond acceptors (Lipinski definition) is 2. The van der Waals surface area contributed by atoms with Gasteiger partial charge >= 0.3 is 0 Å². The van der Waals surface area contributed by atoms with Gasteiger partial charge in [-0.05, 0) is 62.1 Å². The van der Waals surface area contributed by atoms with Gasteiger partial charge in [-0.15, -0.1) is 0 Å². The fraction of sp³-hybridized carbons (Fsp3) is 0.308. The molecule has 3 aromatic carbocycles. The summed E-state index contributed by atoms with van der Waals surface area (Å²) in [7, 11) is 0. The van der Waals surface area contributed by atoms with Crippen molar-refractivity contribution < 1.29 is 0 Å². The van der Waals surface area contributed by atoms with E-state index in [1.807, 2.05) is 0 Å². The van der Waals surface area contributed by atoms with Crippen LogP contribution in [0.3, 0.4) is 0 Å². The smallest absolute Gasteiger partial charge is 0.0367 e. The Morgan fingerprint density at radius 1 is 0.500 bits per heavy atom. The maximum absolute atomic E-state index is 2.52. The molecule has 146 valence electrons. The zero-order valence-corrected chi connectivity index (χ0v) is 17.2. The predicted molar refractivity (Wildman–Crippen MR) is 123 cm³/mol. The van der Waals surface area contributed by atoms with Crippen molar-refractivity contribution in [3.8, 4) is 0 Å². The van der Waals surface area contributed by atoms with Crippen molar-refractivity contribution in [1.29, 1.82) is 0 Å². The molecule has 2 heteroatoms. The van der Waals surface area contributed by atoms with Crippen molar-refractivity contribution in [3.63, 3.8) is 0 Å². The van der Waals surface area contributed by atoms with Crippen molar-refractivity contribution in [2.75, 3.05) is 36.0 Å². The number of hydrogen-bond donors (Lipinski definition) is 0. The van der Waals surface area contributed by atoms with E-state index in [0.717, 1.165) is 39.0 Å². The summed E-state index contributed by atoms with van der Waals surface area (Å²) in [4.78, 5) is 4.91. The van der Waals surface area contributed by atoms with Crippen LogP contribution >= 0.6 is 0 Å². The fourth-order valence-corrected chi connectivity index (χ4v) is 3.65. The van der Waals surface area contributed by atoms with Crippen LogP contribution in [0.1, 0.15) is 25.0 Å². The van der Waals surface area contributed by atoms with Crippen LogP contribution in [0, 0.1) is 0 Å². The van der Waals surface area contributed by atoms with Gasteiger partial charge < -0.3 is 9.80 Å². The summed E-state index contributed by atoms with van der Waals surface area (Å²) in [6.07, 6.45) is 2.13. The van der Waals surface area contributed by atoms with E-state index in [2.05, 4.69) is 109 Å². The first-order valence-corrected chi connectivity index (χ1v) is 10.5. The van der Waals surface area contributed by atoms with Crippen molar-refractivity contribution in [2.24, 2.45) is 0 Å². The zero-order chi connectivity index (χ0) is 19.6. The first-order chi connectivity index (χ1) is 13.8. The maximum atomic E-state index is 2.52. The van der Waals surface area contributed by atoms with Crippen LogP contribution in [-0.2, 0) is 12.8 Å². The van der Waals surface area contributed by atoms with Crippen molar-refractivity contribution in [3.05, 3.63) is 96.1 Å². The number of anilines is 2. The largest absolute Gasteiger partial charge is 0.372 e. The molecule has 28 heavy (non-hydrogen) atoms. The minimum absolute atomic E-state index is 1.03. The summed E-state index contributed by atoms with van der Waals surface area (Å²) in [5, 5.41) is 0. The number of benzene rings is 3. The second-order valence-corrected chi connectivity index (χ2v) is 7.15. The van der Waals surface area contributed by atoms with E-state index in [4.69, 9.17) is 0 Å². The Bertz CT molecular complexity index is 749. The first-order valence-electron chi connectivity index (χ1n) is 10.5. The molecule has 0 saturated heterocycles. The molecule has 0 radical (unpaired) electrons. The van der Waals surface area contributed by atoms with E-state index in [1.165, 1.54) is 22.5 Å². The van der Waals surface area contributed by atoms with E-state index in [9.17, 15) is 0 Å². The van der Waals surface area contributed by atoms with Gasteiger partial charge in [0.1, 0.15) is 0 Å². The second kappa shape index (κ2) is 10.6. The molecular weight excluding hydrogens is 340 g/mol. The molecule has 3 aromatic rings. The molecule has 3 rings (SSSR count). The first kappa shape index (κ1) is 20.0. The van der Waals surface area contributed by atoms with Crippen LogP contribution in [0.4, 0.5) is 11.4 Å². The molecule has 0 atom stereocenters. The topological polar surface area (TPSA) is 6.48 Å². The Kier molecular flexibility index (Phi) is 7.54. The molecule has 0 spiro atoms. The van der Waals surface area contributed by atoms with Gasteiger partial charge in [0.15, 0.2) is 0 Å². The number of nitrogens with zero attached hydrogens (tertiary/aromatic N) is 2. The predicted octanol–water partition coefficient (Wildman–Crippen LogP) is 5.82. The molecule has 2 nitrogen and oxygen atoms in total. The molecule has 0 amide bonds. The van der Waals surface area contributed by atoms with Crippen LogP contribution in [0.5, 0.6) is 0 Å². The Morgan fingerprint density at radius 2 is 0.893 bits per heavy atom. The van der Waals surface area contributed by atoms with Crippen LogP contribution in [0.2, 0.25) is 0 Å². The standard InChI is InChI=1S/C26H32N2/c1-3-27(4-2)25-15-17-26(18-16-25)28(21-19-23-11-7-5-8-12-23)22-20-24-13-9-6-10-14-24/h5-18H,3-4,19-22H2,1-2H3. The minimum Gasteiger partial charge on any atom is -0.372 e. The van der Waals surface area contributed by atoms with Gasteiger partial charge in [-0.3, -0.25) is 0 Å². The SMILES string of the molecule is CCN(CC)c1ccc(N(CCc2ccccc2)CCc2ccccc2)cc1. The Morgan fingerprint density at radius 3 is 1.29 bits per heavy atom. The van der Waals surface area contributed by atoms with Crippen molar-refractivity contribution >= 4 is 11.4 Å². The molecule has 0 aliphatic carbocycles. The molecule has 0 unspecified atom stereocenters. The third kappa shape index (κ3) is 5.63. The van der Waals surface area contributed by atoms with Crippen molar-refractivity contribution in [2.45, 2.75) is 26.7 Å². The summed E-state index contributed by atoms with van der Waals surface area (Å²) >= 11 is 0. The summed E-state index contributed by atoms with van der Waals surface area (Å²) in [5.74, 6) is 0.